The van der Waals surface area contributed by atoms with Crippen LogP contribution in [0.5, 0.6) is 0 Å². The third-order valence-corrected chi connectivity index (χ3v) is 3.56. The van der Waals surface area contributed by atoms with Gasteiger partial charge in [0, 0.05) is 11.1 Å². The predicted octanol–water partition coefficient (Wildman–Crippen LogP) is 4.39. The molecular weight excluding hydrogens is 352 g/mol. The van der Waals surface area contributed by atoms with E-state index in [1.807, 2.05) is 0 Å². The lowest BCUT2D eigenvalue weighted by Gasteiger charge is -2.19. The van der Waals surface area contributed by atoms with Crippen molar-refractivity contribution in [2.75, 3.05) is 5.01 Å². The quantitative estimate of drug-likeness (QED) is 0.708. The molecule has 0 bridgehead atoms. The summed E-state index contributed by atoms with van der Waals surface area (Å²) in [5.41, 5.74) is -3.77. The van der Waals surface area contributed by atoms with Gasteiger partial charge in [-0.3, -0.25) is 4.79 Å². The summed E-state index contributed by atoms with van der Waals surface area (Å²) in [5, 5.41) is 4.28. The number of nitrogens with zero attached hydrogens (tertiary/aromatic N) is 3. The number of anilines is 1. The van der Waals surface area contributed by atoms with Gasteiger partial charge in [0.25, 0.3) is 5.91 Å². The predicted molar refractivity (Wildman–Crippen MR) is 77.0 cm³/mol. The van der Waals surface area contributed by atoms with Crippen LogP contribution < -0.4 is 5.01 Å². The maximum atomic E-state index is 13.2. The van der Waals surface area contributed by atoms with Crippen molar-refractivity contribution in [1.82, 2.24) is 4.98 Å². The van der Waals surface area contributed by atoms with Crippen LogP contribution in [0.1, 0.15) is 24.6 Å². The third-order valence-electron chi connectivity index (χ3n) is 3.56. The Morgan fingerprint density at radius 2 is 1.76 bits per heavy atom. The van der Waals surface area contributed by atoms with Gasteiger partial charge >= 0.3 is 12.4 Å². The molecule has 0 spiro atoms. The SMILES string of the molecule is CC1=NN(c2cc(C(F)(F)F)nc3c(C(F)(F)F)cccc23)C(=O)C1. The summed E-state index contributed by atoms with van der Waals surface area (Å²) >= 11 is 0. The van der Waals surface area contributed by atoms with Crippen LogP contribution in [0.15, 0.2) is 29.4 Å². The molecule has 3 rings (SSSR count). The smallest absolute Gasteiger partial charge is 0.272 e. The van der Waals surface area contributed by atoms with E-state index in [1.54, 1.807) is 0 Å². The lowest BCUT2D eigenvalue weighted by atomic mass is 10.1. The Kier molecular flexibility index (Phi) is 3.73. The average molecular weight is 361 g/mol. The minimum Gasteiger partial charge on any atom is -0.272 e. The van der Waals surface area contributed by atoms with Crippen LogP contribution >= 0.6 is 0 Å². The molecular formula is C15H9F6N3O. The Morgan fingerprint density at radius 1 is 1.08 bits per heavy atom. The summed E-state index contributed by atoms with van der Waals surface area (Å²) in [6.45, 7) is 1.49. The number of hydrogen-bond donors (Lipinski definition) is 0. The molecule has 1 amide bonds. The molecule has 4 nitrogen and oxygen atoms in total. The lowest BCUT2D eigenvalue weighted by molar-refractivity contribution is -0.142. The van der Waals surface area contributed by atoms with E-state index >= 15 is 0 Å². The topological polar surface area (TPSA) is 45.6 Å². The Hall–Kier alpha value is -2.65. The first-order chi connectivity index (χ1) is 11.5. The number of rotatable bonds is 1. The van der Waals surface area contributed by atoms with Crippen molar-refractivity contribution in [3.8, 4) is 0 Å². The van der Waals surface area contributed by atoms with Crippen molar-refractivity contribution in [3.63, 3.8) is 0 Å². The first-order valence-corrected chi connectivity index (χ1v) is 6.93. The zero-order valence-electron chi connectivity index (χ0n) is 12.5. The summed E-state index contributed by atoms with van der Waals surface area (Å²) in [4.78, 5) is 15.1. The minimum absolute atomic E-state index is 0.121. The average Bonchev–Trinajstić information content (AvgIpc) is 2.82. The number of hydrazone groups is 1. The van der Waals surface area contributed by atoms with Crippen LogP contribution in [0.4, 0.5) is 32.0 Å². The first-order valence-electron chi connectivity index (χ1n) is 6.93. The van der Waals surface area contributed by atoms with Crippen molar-refractivity contribution in [2.45, 2.75) is 25.7 Å². The van der Waals surface area contributed by atoms with E-state index in [-0.39, 0.29) is 17.5 Å². The van der Waals surface area contributed by atoms with Gasteiger partial charge in [-0.15, -0.1) is 0 Å². The number of para-hydroxylation sites is 1. The van der Waals surface area contributed by atoms with Crippen LogP contribution in [-0.4, -0.2) is 16.6 Å². The van der Waals surface area contributed by atoms with Crippen molar-refractivity contribution in [1.29, 1.82) is 0 Å². The molecule has 0 saturated heterocycles. The number of benzene rings is 1. The second-order valence-electron chi connectivity index (χ2n) is 5.44. The molecule has 1 aliphatic rings. The molecule has 0 N–H and O–H groups in total. The minimum atomic E-state index is -4.98. The Bertz CT molecular complexity index is 901. The summed E-state index contributed by atoms with van der Waals surface area (Å²) in [7, 11) is 0. The van der Waals surface area contributed by atoms with E-state index in [9.17, 15) is 31.1 Å². The second kappa shape index (κ2) is 5.43. The van der Waals surface area contributed by atoms with Gasteiger partial charge in [0.2, 0.25) is 0 Å². The number of hydrogen-bond acceptors (Lipinski definition) is 3. The molecule has 0 fully saturated rings. The zero-order valence-corrected chi connectivity index (χ0v) is 12.5. The van der Waals surface area contributed by atoms with Gasteiger partial charge in [-0.1, -0.05) is 12.1 Å². The molecule has 0 unspecified atom stereocenters. The summed E-state index contributed by atoms with van der Waals surface area (Å²) < 4.78 is 78.8. The highest BCUT2D eigenvalue weighted by Gasteiger charge is 2.38. The number of halogens is 6. The van der Waals surface area contributed by atoms with Crippen LogP contribution in [0.3, 0.4) is 0 Å². The highest BCUT2D eigenvalue weighted by Crippen LogP contribution is 2.40. The molecule has 1 aromatic heterocycles. The molecule has 0 saturated carbocycles. The molecule has 0 atom stereocenters. The van der Waals surface area contributed by atoms with Crippen molar-refractivity contribution in [3.05, 3.63) is 35.5 Å². The molecule has 25 heavy (non-hydrogen) atoms. The van der Waals surface area contributed by atoms with Gasteiger partial charge in [0.15, 0.2) is 0 Å². The highest BCUT2D eigenvalue weighted by molar-refractivity contribution is 6.15. The fourth-order valence-electron chi connectivity index (χ4n) is 2.52. The summed E-state index contributed by atoms with van der Waals surface area (Å²) in [6, 6.07) is 3.38. The molecule has 2 heterocycles. The van der Waals surface area contributed by atoms with Gasteiger partial charge in [0.1, 0.15) is 5.69 Å². The standard InChI is InChI=1S/C15H9F6N3O/c1-7-5-12(25)24(23-7)10-6-11(15(19,20)21)22-13-8(10)3-2-4-9(13)14(16,17)18/h2-4,6H,5H2,1H3. The fourth-order valence-corrected chi connectivity index (χ4v) is 2.52. The van der Waals surface area contributed by atoms with E-state index in [4.69, 9.17) is 0 Å². The van der Waals surface area contributed by atoms with E-state index < -0.39 is 35.0 Å². The largest absolute Gasteiger partial charge is 0.433 e. The van der Waals surface area contributed by atoms with Gasteiger partial charge in [-0.05, 0) is 19.1 Å². The number of carbonyl (C=O) groups is 1. The van der Waals surface area contributed by atoms with E-state index in [2.05, 4.69) is 10.1 Å². The Balaban J connectivity index is 2.38. The number of aromatic nitrogens is 1. The van der Waals surface area contributed by atoms with Crippen molar-refractivity contribution < 1.29 is 31.1 Å². The van der Waals surface area contributed by atoms with Gasteiger partial charge in [0.05, 0.1) is 23.2 Å². The number of alkyl halides is 6. The second-order valence-corrected chi connectivity index (χ2v) is 5.44. The molecule has 2 aromatic rings. The molecule has 0 aliphatic carbocycles. The maximum absolute atomic E-state index is 13.2. The normalized spacial score (nSPS) is 15.9. The van der Waals surface area contributed by atoms with Crippen molar-refractivity contribution >= 4 is 28.2 Å². The molecule has 132 valence electrons. The Labute approximate surface area is 136 Å². The van der Waals surface area contributed by atoms with Gasteiger partial charge < -0.3 is 0 Å². The summed E-state index contributed by atoms with van der Waals surface area (Å²) in [6.07, 6.45) is -10.0. The van der Waals surface area contributed by atoms with Crippen molar-refractivity contribution in [2.24, 2.45) is 5.10 Å². The first kappa shape index (κ1) is 17.2. The van der Waals surface area contributed by atoms with Crippen LogP contribution in [0.25, 0.3) is 10.9 Å². The van der Waals surface area contributed by atoms with Gasteiger partial charge in [-0.25, -0.2) is 4.98 Å². The van der Waals surface area contributed by atoms with E-state index in [0.717, 1.165) is 6.07 Å². The molecule has 10 heteroatoms. The van der Waals surface area contributed by atoms with Crippen LogP contribution in [0, 0.1) is 0 Å². The zero-order chi connectivity index (χ0) is 18.6. The van der Waals surface area contributed by atoms with Crippen LogP contribution in [0.2, 0.25) is 0 Å². The number of fused-ring (bicyclic) bond motifs is 1. The number of amides is 1. The highest BCUT2D eigenvalue weighted by atomic mass is 19.4. The Morgan fingerprint density at radius 3 is 2.28 bits per heavy atom. The monoisotopic (exact) mass is 361 g/mol. The lowest BCUT2D eigenvalue weighted by Crippen LogP contribution is -2.22. The fraction of sp³-hybridized carbons (Fsp3) is 0.267. The number of pyridine rings is 1. The van der Waals surface area contributed by atoms with E-state index in [0.29, 0.717) is 22.9 Å². The van der Waals surface area contributed by atoms with E-state index in [1.165, 1.54) is 13.0 Å². The van der Waals surface area contributed by atoms with Crippen LogP contribution in [-0.2, 0) is 17.1 Å². The maximum Gasteiger partial charge on any atom is 0.433 e. The molecule has 1 aromatic carbocycles. The summed E-state index contributed by atoms with van der Waals surface area (Å²) in [5.74, 6) is -0.629. The van der Waals surface area contributed by atoms with Gasteiger partial charge in [-0.2, -0.15) is 36.5 Å². The third kappa shape index (κ3) is 3.03. The number of carbonyl (C=O) groups excluding carboxylic acids is 1. The molecule has 0 radical (unpaired) electrons. The molecule has 1 aliphatic heterocycles.